The van der Waals surface area contributed by atoms with E-state index in [0.717, 1.165) is 27.7 Å². The topological polar surface area (TPSA) is 17.2 Å². The smallest absolute Gasteiger partial charge is 0.187 e. The molecule has 1 heterocycles. The molecular weight excluding hydrogens is 617 g/mol. The van der Waals surface area contributed by atoms with E-state index in [2.05, 4.69) is 170 Å². The Morgan fingerprint density at radius 2 is 1.00 bits per heavy atom. The fraction of sp³-hybridized carbons (Fsp3) is 0.0612. The standard InChI is InChI=1S/C49H32N2/c1-49(2)44-28-34(20-23-38(44)39-25-22-35(50-3)29-45(39)49)32-15-11-14-31(26-32)33-21-24-41-43(27-33)47(30-12-5-4-6-13-30)51-48-42-19-10-8-17-37(42)36-16-7-9-18-40(36)46(41)48/h4-29H,1-2H3. The van der Waals surface area contributed by atoms with E-state index in [1.165, 1.54) is 71.3 Å². The van der Waals surface area contributed by atoms with Crippen LogP contribution in [-0.4, -0.2) is 4.98 Å². The molecule has 0 saturated heterocycles. The van der Waals surface area contributed by atoms with Crippen LogP contribution in [0.2, 0.25) is 0 Å². The van der Waals surface area contributed by atoms with Gasteiger partial charge in [0.05, 0.1) is 17.8 Å². The zero-order chi connectivity index (χ0) is 34.3. The summed E-state index contributed by atoms with van der Waals surface area (Å²) < 4.78 is 0. The molecule has 1 aliphatic carbocycles. The lowest BCUT2D eigenvalue weighted by molar-refractivity contribution is 0.661. The molecule has 0 N–H and O–H groups in total. The van der Waals surface area contributed by atoms with Crippen LogP contribution < -0.4 is 0 Å². The summed E-state index contributed by atoms with van der Waals surface area (Å²) in [6.45, 7) is 12.1. The number of aromatic nitrogens is 1. The van der Waals surface area contributed by atoms with Crippen LogP contribution in [-0.2, 0) is 5.41 Å². The van der Waals surface area contributed by atoms with Gasteiger partial charge in [-0.05, 0) is 84.3 Å². The molecule has 9 aromatic rings. The fourth-order valence-electron chi connectivity index (χ4n) is 8.49. The average Bonchev–Trinajstić information content (AvgIpc) is 3.42. The predicted octanol–water partition coefficient (Wildman–Crippen LogP) is 13.6. The SMILES string of the molecule is [C-]#[N+]c1ccc2c(c1)C(C)(C)c1cc(-c3cccc(-c4ccc5c(c4)c(-c4ccccc4)nc4c6ccccc6c6ccccc6c54)c3)ccc1-2. The lowest BCUT2D eigenvalue weighted by atomic mass is 9.81. The highest BCUT2D eigenvalue weighted by atomic mass is 14.7. The highest BCUT2D eigenvalue weighted by Crippen LogP contribution is 2.51. The van der Waals surface area contributed by atoms with Crippen LogP contribution in [0.25, 0.3) is 92.7 Å². The van der Waals surface area contributed by atoms with Gasteiger partial charge in [-0.15, -0.1) is 0 Å². The average molecular weight is 649 g/mol. The molecule has 1 aliphatic rings. The number of hydrogen-bond acceptors (Lipinski definition) is 1. The highest BCUT2D eigenvalue weighted by molar-refractivity contribution is 6.31. The number of fused-ring (bicyclic) bond motifs is 11. The van der Waals surface area contributed by atoms with Crippen molar-refractivity contribution in [3.05, 3.63) is 180 Å². The molecule has 0 unspecified atom stereocenters. The number of nitrogens with zero attached hydrogens (tertiary/aromatic N) is 2. The van der Waals surface area contributed by atoms with Crippen molar-refractivity contribution < 1.29 is 0 Å². The Bertz CT molecular complexity index is 2950. The minimum Gasteiger partial charge on any atom is -0.246 e. The Kier molecular flexibility index (Phi) is 6.32. The maximum atomic E-state index is 7.55. The lowest BCUT2D eigenvalue weighted by Crippen LogP contribution is -2.14. The van der Waals surface area contributed by atoms with E-state index in [9.17, 15) is 0 Å². The monoisotopic (exact) mass is 648 g/mol. The minimum absolute atomic E-state index is 0.184. The second-order valence-electron chi connectivity index (χ2n) is 14.2. The van der Waals surface area contributed by atoms with Gasteiger partial charge in [-0.1, -0.05) is 153 Å². The van der Waals surface area contributed by atoms with Crippen LogP contribution in [0.4, 0.5) is 5.69 Å². The number of hydrogen-bond donors (Lipinski definition) is 0. The van der Waals surface area contributed by atoms with Crippen molar-refractivity contribution in [3.63, 3.8) is 0 Å². The van der Waals surface area contributed by atoms with Crippen LogP contribution in [0, 0.1) is 6.57 Å². The summed E-state index contributed by atoms with van der Waals surface area (Å²) >= 11 is 0. The van der Waals surface area contributed by atoms with Crippen molar-refractivity contribution in [1.82, 2.24) is 4.98 Å². The second kappa shape index (κ2) is 11.0. The van der Waals surface area contributed by atoms with Gasteiger partial charge in [0.2, 0.25) is 0 Å². The van der Waals surface area contributed by atoms with Gasteiger partial charge in [-0.25, -0.2) is 9.83 Å². The van der Waals surface area contributed by atoms with Crippen molar-refractivity contribution in [1.29, 1.82) is 0 Å². The quantitative estimate of drug-likeness (QED) is 0.138. The fourth-order valence-corrected chi connectivity index (χ4v) is 8.49. The molecular formula is C49H32N2. The van der Waals surface area contributed by atoms with Gasteiger partial charge in [0, 0.05) is 27.1 Å². The summed E-state index contributed by atoms with van der Waals surface area (Å²) in [6, 6.07) is 56.8. The molecule has 2 nitrogen and oxygen atoms in total. The van der Waals surface area contributed by atoms with Gasteiger partial charge >= 0.3 is 0 Å². The first kappa shape index (κ1) is 29.4. The van der Waals surface area contributed by atoms with Crippen molar-refractivity contribution in [3.8, 4) is 44.6 Å². The third-order valence-corrected chi connectivity index (χ3v) is 11.0. The summed E-state index contributed by atoms with van der Waals surface area (Å²) in [6.07, 6.45) is 0. The maximum Gasteiger partial charge on any atom is 0.187 e. The minimum atomic E-state index is -0.184. The Hall–Kier alpha value is -6.56. The van der Waals surface area contributed by atoms with E-state index in [-0.39, 0.29) is 5.41 Å². The van der Waals surface area contributed by atoms with Crippen LogP contribution in [0.1, 0.15) is 25.0 Å². The van der Waals surface area contributed by atoms with Crippen molar-refractivity contribution in [2.24, 2.45) is 0 Å². The molecule has 0 saturated carbocycles. The van der Waals surface area contributed by atoms with Crippen LogP contribution >= 0.6 is 0 Å². The first-order valence-corrected chi connectivity index (χ1v) is 17.5. The Balaban J connectivity index is 1.16. The molecule has 0 bridgehead atoms. The predicted molar refractivity (Wildman–Crippen MR) is 214 cm³/mol. The van der Waals surface area contributed by atoms with Gasteiger partial charge in [0.15, 0.2) is 5.69 Å². The Morgan fingerprint density at radius 1 is 0.451 bits per heavy atom. The number of rotatable bonds is 3. The maximum absolute atomic E-state index is 7.55. The molecule has 0 fully saturated rings. The van der Waals surface area contributed by atoms with E-state index < -0.39 is 0 Å². The molecule has 0 amide bonds. The van der Waals surface area contributed by atoms with Gasteiger partial charge in [0.1, 0.15) is 0 Å². The molecule has 238 valence electrons. The van der Waals surface area contributed by atoms with Gasteiger partial charge in [-0.2, -0.15) is 0 Å². The summed E-state index contributed by atoms with van der Waals surface area (Å²) in [7, 11) is 0. The molecule has 0 atom stereocenters. The van der Waals surface area contributed by atoms with Crippen LogP contribution in [0.3, 0.4) is 0 Å². The zero-order valence-corrected chi connectivity index (χ0v) is 28.4. The molecule has 10 rings (SSSR count). The van der Waals surface area contributed by atoms with Crippen molar-refractivity contribution in [2.75, 3.05) is 0 Å². The van der Waals surface area contributed by atoms with Gasteiger partial charge in [0.25, 0.3) is 0 Å². The van der Waals surface area contributed by atoms with E-state index in [4.69, 9.17) is 11.6 Å². The Labute approximate surface area is 297 Å². The van der Waals surface area contributed by atoms with Gasteiger partial charge < -0.3 is 0 Å². The van der Waals surface area contributed by atoms with E-state index in [0.29, 0.717) is 5.69 Å². The first-order valence-electron chi connectivity index (χ1n) is 17.5. The summed E-state index contributed by atoms with van der Waals surface area (Å²) in [5.74, 6) is 0. The number of pyridine rings is 1. The molecule has 0 radical (unpaired) electrons. The molecule has 1 aromatic heterocycles. The zero-order valence-electron chi connectivity index (χ0n) is 28.4. The summed E-state index contributed by atoms with van der Waals surface area (Å²) in [5.41, 5.74) is 13.4. The first-order chi connectivity index (χ1) is 25.0. The third kappa shape index (κ3) is 4.38. The molecule has 0 aliphatic heterocycles. The largest absolute Gasteiger partial charge is 0.246 e. The molecule has 2 heteroatoms. The third-order valence-electron chi connectivity index (χ3n) is 11.0. The lowest BCUT2D eigenvalue weighted by Gasteiger charge is -2.22. The normalized spacial score (nSPS) is 13.0. The number of benzene rings is 8. The van der Waals surface area contributed by atoms with E-state index in [1.54, 1.807) is 0 Å². The second-order valence-corrected chi connectivity index (χ2v) is 14.2. The van der Waals surface area contributed by atoms with Crippen molar-refractivity contribution >= 4 is 48.9 Å². The summed E-state index contributed by atoms with van der Waals surface area (Å²) in [5, 5.41) is 8.44. The molecule has 0 spiro atoms. The van der Waals surface area contributed by atoms with Gasteiger partial charge in [-0.3, -0.25) is 0 Å². The Morgan fingerprint density at radius 3 is 1.75 bits per heavy atom. The summed E-state index contributed by atoms with van der Waals surface area (Å²) in [4.78, 5) is 9.22. The highest BCUT2D eigenvalue weighted by Gasteiger charge is 2.35. The van der Waals surface area contributed by atoms with Crippen LogP contribution in [0.5, 0.6) is 0 Å². The molecule has 51 heavy (non-hydrogen) atoms. The van der Waals surface area contributed by atoms with Crippen molar-refractivity contribution in [2.45, 2.75) is 19.3 Å². The van der Waals surface area contributed by atoms with E-state index >= 15 is 0 Å². The van der Waals surface area contributed by atoms with E-state index in [1.807, 2.05) is 6.07 Å². The van der Waals surface area contributed by atoms with Crippen LogP contribution in [0.15, 0.2) is 158 Å². The molecule has 8 aromatic carbocycles.